The van der Waals surface area contributed by atoms with Crippen molar-refractivity contribution in [3.63, 3.8) is 0 Å². The molecule has 7 nitrogen and oxygen atoms in total. The SMILES string of the molecule is CCOC(=O)C1CCCN(C(=O)CN(C)C(=O)c2cccc3c4c([nH]c23)CCC(C)C4)C1. The molecule has 0 saturated carbocycles. The summed E-state index contributed by atoms with van der Waals surface area (Å²) in [6, 6.07) is 5.83. The first-order valence-corrected chi connectivity index (χ1v) is 11.7. The summed E-state index contributed by atoms with van der Waals surface area (Å²) in [6.07, 6.45) is 4.68. The van der Waals surface area contributed by atoms with E-state index in [1.807, 2.05) is 12.1 Å². The Kier molecular flexibility index (Phi) is 6.53. The van der Waals surface area contributed by atoms with Crippen molar-refractivity contribution in [2.75, 3.05) is 33.3 Å². The number of likely N-dealkylation sites (tertiary alicyclic amines) is 1. The molecule has 1 aromatic heterocycles. The number of para-hydroxylation sites is 1. The van der Waals surface area contributed by atoms with Crippen LogP contribution < -0.4 is 0 Å². The zero-order chi connectivity index (χ0) is 22.8. The number of nitrogens with one attached hydrogen (secondary N) is 1. The van der Waals surface area contributed by atoms with Crippen LogP contribution in [0.2, 0.25) is 0 Å². The van der Waals surface area contributed by atoms with E-state index < -0.39 is 0 Å². The highest BCUT2D eigenvalue weighted by Gasteiger charge is 2.30. The molecule has 1 aromatic carbocycles. The van der Waals surface area contributed by atoms with Gasteiger partial charge in [-0.25, -0.2) is 0 Å². The Morgan fingerprint density at radius 2 is 2.06 bits per heavy atom. The molecular weight excluding hydrogens is 406 g/mol. The second-order valence-electron chi connectivity index (χ2n) is 9.25. The average molecular weight is 440 g/mol. The summed E-state index contributed by atoms with van der Waals surface area (Å²) in [7, 11) is 1.66. The number of amides is 2. The van der Waals surface area contributed by atoms with E-state index in [0.717, 1.165) is 43.0 Å². The van der Waals surface area contributed by atoms with E-state index in [0.29, 0.717) is 31.2 Å². The summed E-state index contributed by atoms with van der Waals surface area (Å²) in [5.41, 5.74) is 4.03. The van der Waals surface area contributed by atoms with Crippen LogP contribution in [0, 0.1) is 11.8 Å². The monoisotopic (exact) mass is 439 g/mol. The highest BCUT2D eigenvalue weighted by Crippen LogP contribution is 2.33. The molecule has 1 aliphatic carbocycles. The quantitative estimate of drug-likeness (QED) is 0.726. The fourth-order valence-corrected chi connectivity index (χ4v) is 5.03. The standard InChI is InChI=1S/C25H33N3O4/c1-4-32-25(31)17-7-6-12-28(14-17)22(29)15-27(3)24(30)19-9-5-8-18-20-13-16(2)10-11-21(20)26-23(18)19/h5,8-9,16-17,26H,4,6-7,10-15H2,1-3H3. The molecule has 2 unspecified atom stereocenters. The minimum atomic E-state index is -0.282. The number of aryl methyl sites for hydroxylation is 1. The van der Waals surface area contributed by atoms with Crippen molar-refractivity contribution in [1.29, 1.82) is 0 Å². The number of aromatic nitrogens is 1. The van der Waals surface area contributed by atoms with Crippen LogP contribution in [0.1, 0.15) is 54.7 Å². The molecule has 0 radical (unpaired) electrons. The van der Waals surface area contributed by atoms with E-state index in [2.05, 4.69) is 18.0 Å². The van der Waals surface area contributed by atoms with Crippen LogP contribution in [-0.4, -0.2) is 65.9 Å². The number of ether oxygens (including phenoxy) is 1. The van der Waals surface area contributed by atoms with Crippen LogP contribution in [0.3, 0.4) is 0 Å². The van der Waals surface area contributed by atoms with E-state index in [1.165, 1.54) is 16.2 Å². The molecular formula is C25H33N3O4. The number of likely N-dealkylation sites (N-methyl/N-ethyl adjacent to an activating group) is 1. The van der Waals surface area contributed by atoms with Crippen molar-refractivity contribution in [3.8, 4) is 0 Å². The smallest absolute Gasteiger partial charge is 0.310 e. The molecule has 2 aromatic rings. The van der Waals surface area contributed by atoms with E-state index in [4.69, 9.17) is 4.74 Å². The number of esters is 1. The maximum atomic E-state index is 13.3. The van der Waals surface area contributed by atoms with Crippen LogP contribution in [0.5, 0.6) is 0 Å². The third-order valence-electron chi connectivity index (χ3n) is 6.81. The minimum absolute atomic E-state index is 0.0117. The number of fused-ring (bicyclic) bond motifs is 3. The predicted octanol–water partition coefficient (Wildman–Crippen LogP) is 3.17. The normalized spacial score (nSPS) is 20.7. The Bertz CT molecular complexity index is 1030. The summed E-state index contributed by atoms with van der Waals surface area (Å²) in [5.74, 6) is -0.193. The molecule has 2 aliphatic rings. The van der Waals surface area contributed by atoms with E-state index >= 15 is 0 Å². The van der Waals surface area contributed by atoms with Gasteiger partial charge in [0.2, 0.25) is 5.91 Å². The Morgan fingerprint density at radius 1 is 1.25 bits per heavy atom. The lowest BCUT2D eigenvalue weighted by Crippen LogP contribution is -2.47. The van der Waals surface area contributed by atoms with Crippen molar-refractivity contribution in [2.24, 2.45) is 11.8 Å². The van der Waals surface area contributed by atoms with Gasteiger partial charge in [-0.05, 0) is 56.6 Å². The molecule has 32 heavy (non-hydrogen) atoms. The second-order valence-corrected chi connectivity index (χ2v) is 9.25. The topological polar surface area (TPSA) is 82.7 Å². The number of hydrogen-bond acceptors (Lipinski definition) is 4. The molecule has 4 rings (SSSR count). The average Bonchev–Trinajstić information content (AvgIpc) is 3.16. The lowest BCUT2D eigenvalue weighted by Gasteiger charge is -2.32. The van der Waals surface area contributed by atoms with Gasteiger partial charge in [-0.2, -0.15) is 0 Å². The summed E-state index contributed by atoms with van der Waals surface area (Å²) < 4.78 is 5.12. The van der Waals surface area contributed by atoms with Crippen LogP contribution in [0.25, 0.3) is 10.9 Å². The fraction of sp³-hybridized carbons (Fsp3) is 0.560. The van der Waals surface area contributed by atoms with Gasteiger partial charge in [0.25, 0.3) is 5.91 Å². The van der Waals surface area contributed by atoms with Crippen molar-refractivity contribution >= 4 is 28.7 Å². The molecule has 2 heterocycles. The summed E-state index contributed by atoms with van der Waals surface area (Å²) in [5, 5.41) is 1.12. The minimum Gasteiger partial charge on any atom is -0.466 e. The first kappa shape index (κ1) is 22.4. The number of rotatable bonds is 5. The molecule has 1 N–H and O–H groups in total. The summed E-state index contributed by atoms with van der Waals surface area (Å²) in [6.45, 7) is 5.34. The van der Waals surface area contributed by atoms with Gasteiger partial charge in [-0.3, -0.25) is 14.4 Å². The summed E-state index contributed by atoms with van der Waals surface area (Å²) >= 11 is 0. The van der Waals surface area contributed by atoms with Gasteiger partial charge >= 0.3 is 5.97 Å². The maximum absolute atomic E-state index is 13.3. The van der Waals surface area contributed by atoms with E-state index in [9.17, 15) is 14.4 Å². The Labute approximate surface area is 189 Å². The predicted molar refractivity (Wildman–Crippen MR) is 122 cm³/mol. The first-order valence-electron chi connectivity index (χ1n) is 11.7. The van der Waals surface area contributed by atoms with Gasteiger partial charge in [-0.1, -0.05) is 19.1 Å². The zero-order valence-corrected chi connectivity index (χ0v) is 19.3. The van der Waals surface area contributed by atoms with Crippen LogP contribution in [0.4, 0.5) is 0 Å². The highest BCUT2D eigenvalue weighted by molar-refractivity contribution is 6.07. The number of aromatic amines is 1. The van der Waals surface area contributed by atoms with Crippen molar-refractivity contribution < 1.29 is 19.1 Å². The lowest BCUT2D eigenvalue weighted by atomic mass is 9.87. The fourth-order valence-electron chi connectivity index (χ4n) is 5.03. The van der Waals surface area contributed by atoms with Gasteiger partial charge in [0.15, 0.2) is 0 Å². The largest absolute Gasteiger partial charge is 0.466 e. The van der Waals surface area contributed by atoms with Crippen molar-refractivity contribution in [3.05, 3.63) is 35.0 Å². The third-order valence-corrected chi connectivity index (χ3v) is 6.81. The first-order chi connectivity index (χ1) is 15.4. The Hall–Kier alpha value is -2.83. The molecule has 1 fully saturated rings. The van der Waals surface area contributed by atoms with E-state index in [1.54, 1.807) is 18.9 Å². The van der Waals surface area contributed by atoms with Gasteiger partial charge in [0.05, 0.1) is 30.1 Å². The number of carbonyl (C=O) groups excluding carboxylic acids is 3. The number of piperidine rings is 1. The number of benzene rings is 1. The van der Waals surface area contributed by atoms with Gasteiger partial charge in [0, 0.05) is 31.2 Å². The zero-order valence-electron chi connectivity index (χ0n) is 19.3. The molecule has 2 amide bonds. The summed E-state index contributed by atoms with van der Waals surface area (Å²) in [4.78, 5) is 44.9. The molecule has 1 saturated heterocycles. The molecule has 172 valence electrons. The Balaban J connectivity index is 1.47. The van der Waals surface area contributed by atoms with Gasteiger partial charge < -0.3 is 19.5 Å². The molecule has 0 spiro atoms. The highest BCUT2D eigenvalue weighted by atomic mass is 16.5. The van der Waals surface area contributed by atoms with Gasteiger partial charge in [-0.15, -0.1) is 0 Å². The van der Waals surface area contributed by atoms with Crippen LogP contribution in [0.15, 0.2) is 18.2 Å². The number of nitrogens with zero attached hydrogens (tertiary/aromatic N) is 2. The molecule has 0 bridgehead atoms. The number of hydrogen-bond donors (Lipinski definition) is 1. The molecule has 1 aliphatic heterocycles. The maximum Gasteiger partial charge on any atom is 0.310 e. The third kappa shape index (κ3) is 4.38. The van der Waals surface area contributed by atoms with Crippen LogP contribution in [-0.2, 0) is 27.2 Å². The Morgan fingerprint density at radius 3 is 2.84 bits per heavy atom. The number of carbonyl (C=O) groups is 3. The lowest BCUT2D eigenvalue weighted by molar-refractivity contribution is -0.151. The van der Waals surface area contributed by atoms with E-state index in [-0.39, 0.29) is 30.2 Å². The molecule has 7 heteroatoms. The van der Waals surface area contributed by atoms with Crippen molar-refractivity contribution in [2.45, 2.75) is 46.0 Å². The molecule has 2 atom stereocenters. The number of H-pyrrole nitrogens is 1. The second kappa shape index (κ2) is 9.35. The van der Waals surface area contributed by atoms with Crippen LogP contribution >= 0.6 is 0 Å². The van der Waals surface area contributed by atoms with Crippen molar-refractivity contribution in [1.82, 2.24) is 14.8 Å². The van der Waals surface area contributed by atoms with Gasteiger partial charge in [0.1, 0.15) is 0 Å².